The van der Waals surface area contributed by atoms with Crippen molar-refractivity contribution in [2.75, 3.05) is 13.1 Å². The quantitative estimate of drug-likeness (QED) is 0.696. The normalized spacial score (nSPS) is 28.8. The molecule has 0 spiro atoms. The molecule has 100 valence electrons. The molecule has 0 aromatic rings. The minimum atomic E-state index is -0.389. The fourth-order valence-electron chi connectivity index (χ4n) is 2.18. The van der Waals surface area contributed by atoms with Gasteiger partial charge >= 0.3 is 5.97 Å². The van der Waals surface area contributed by atoms with Crippen molar-refractivity contribution >= 4 is 5.97 Å². The third-order valence-corrected chi connectivity index (χ3v) is 3.66. The van der Waals surface area contributed by atoms with Crippen molar-refractivity contribution in [1.82, 2.24) is 4.90 Å². The van der Waals surface area contributed by atoms with Crippen LogP contribution in [-0.4, -0.2) is 35.6 Å². The monoisotopic (exact) mass is 241 g/mol. The molecular formula is C14H27NO2. The van der Waals surface area contributed by atoms with Gasteiger partial charge in [0.2, 0.25) is 0 Å². The second-order valence-corrected chi connectivity index (χ2v) is 6.45. The van der Waals surface area contributed by atoms with Gasteiger partial charge in [-0.15, -0.1) is 0 Å². The molecule has 0 amide bonds. The summed E-state index contributed by atoms with van der Waals surface area (Å²) in [6.07, 6.45) is 1.17. The zero-order chi connectivity index (χ0) is 13.2. The standard InChI is InChI=1S/C14H27NO2/c1-10-7-8-15(9-11(10)2)12(3)13(16)17-14(4,5)6/h10-12H,7-9H2,1-6H3. The molecule has 0 saturated carbocycles. The maximum Gasteiger partial charge on any atom is 0.323 e. The van der Waals surface area contributed by atoms with Crippen molar-refractivity contribution in [3.8, 4) is 0 Å². The van der Waals surface area contributed by atoms with Crippen molar-refractivity contribution in [2.24, 2.45) is 11.8 Å². The van der Waals surface area contributed by atoms with Gasteiger partial charge in [-0.2, -0.15) is 0 Å². The fraction of sp³-hybridized carbons (Fsp3) is 0.929. The third kappa shape index (κ3) is 4.30. The van der Waals surface area contributed by atoms with Gasteiger partial charge in [-0.25, -0.2) is 0 Å². The van der Waals surface area contributed by atoms with E-state index in [1.807, 2.05) is 27.7 Å². The molecule has 0 aromatic carbocycles. The minimum absolute atomic E-state index is 0.0979. The maximum atomic E-state index is 12.0. The molecule has 1 heterocycles. The van der Waals surface area contributed by atoms with Crippen LogP contribution in [-0.2, 0) is 9.53 Å². The first kappa shape index (κ1) is 14.5. The molecule has 1 fully saturated rings. The molecule has 3 unspecified atom stereocenters. The summed E-state index contributed by atoms with van der Waals surface area (Å²) >= 11 is 0. The van der Waals surface area contributed by atoms with Crippen molar-refractivity contribution in [1.29, 1.82) is 0 Å². The summed E-state index contributed by atoms with van der Waals surface area (Å²) in [5.41, 5.74) is -0.389. The predicted octanol–water partition coefficient (Wildman–Crippen LogP) is 2.69. The lowest BCUT2D eigenvalue weighted by Gasteiger charge is -2.38. The first-order valence-electron chi connectivity index (χ1n) is 6.67. The van der Waals surface area contributed by atoms with Gasteiger partial charge in [0.05, 0.1) is 0 Å². The number of ether oxygens (including phenoxy) is 1. The smallest absolute Gasteiger partial charge is 0.323 e. The molecule has 0 N–H and O–H groups in total. The van der Waals surface area contributed by atoms with Crippen LogP contribution in [0.4, 0.5) is 0 Å². The lowest BCUT2D eigenvalue weighted by molar-refractivity contribution is -0.161. The Kier molecular flexibility index (Phi) is 4.59. The summed E-state index contributed by atoms with van der Waals surface area (Å²) in [5.74, 6) is 1.32. The van der Waals surface area contributed by atoms with E-state index in [1.165, 1.54) is 6.42 Å². The van der Waals surface area contributed by atoms with Crippen LogP contribution in [0.5, 0.6) is 0 Å². The van der Waals surface area contributed by atoms with Crippen LogP contribution >= 0.6 is 0 Å². The topological polar surface area (TPSA) is 29.5 Å². The van der Waals surface area contributed by atoms with Gasteiger partial charge in [0.15, 0.2) is 0 Å². The highest BCUT2D eigenvalue weighted by Gasteiger charge is 2.31. The Morgan fingerprint density at radius 2 is 1.88 bits per heavy atom. The van der Waals surface area contributed by atoms with E-state index in [9.17, 15) is 4.79 Å². The Bertz CT molecular complexity index is 270. The molecule has 0 aliphatic carbocycles. The van der Waals surface area contributed by atoms with Crippen LogP contribution in [0.15, 0.2) is 0 Å². The average molecular weight is 241 g/mol. The number of rotatable bonds is 2. The average Bonchev–Trinajstić information content (AvgIpc) is 2.18. The first-order chi connectivity index (χ1) is 7.70. The summed E-state index contributed by atoms with van der Waals surface area (Å²) in [5, 5.41) is 0. The molecule has 1 aliphatic heterocycles. The van der Waals surface area contributed by atoms with E-state index in [0.717, 1.165) is 19.0 Å². The zero-order valence-corrected chi connectivity index (χ0v) is 12.1. The highest BCUT2D eigenvalue weighted by atomic mass is 16.6. The molecule has 3 nitrogen and oxygen atoms in total. The van der Waals surface area contributed by atoms with Crippen molar-refractivity contribution in [3.05, 3.63) is 0 Å². The molecular weight excluding hydrogens is 214 g/mol. The van der Waals surface area contributed by atoms with Crippen molar-refractivity contribution in [2.45, 2.75) is 59.6 Å². The Labute approximate surface area is 106 Å². The largest absolute Gasteiger partial charge is 0.459 e. The second kappa shape index (κ2) is 5.38. The summed E-state index contributed by atoms with van der Waals surface area (Å²) in [7, 11) is 0. The van der Waals surface area contributed by atoms with Gasteiger partial charge in [-0.3, -0.25) is 9.69 Å². The van der Waals surface area contributed by atoms with Gasteiger partial charge in [0.25, 0.3) is 0 Å². The van der Waals surface area contributed by atoms with Crippen LogP contribution in [0.25, 0.3) is 0 Å². The number of carbonyl (C=O) groups is 1. The molecule has 3 heteroatoms. The Morgan fingerprint density at radius 3 is 2.35 bits per heavy atom. The molecule has 1 aliphatic rings. The van der Waals surface area contributed by atoms with E-state index in [0.29, 0.717) is 5.92 Å². The maximum absolute atomic E-state index is 12.0. The van der Waals surface area contributed by atoms with E-state index < -0.39 is 0 Å². The molecule has 0 radical (unpaired) electrons. The van der Waals surface area contributed by atoms with Crippen LogP contribution in [0, 0.1) is 11.8 Å². The van der Waals surface area contributed by atoms with E-state index in [4.69, 9.17) is 4.74 Å². The molecule has 0 bridgehead atoms. The minimum Gasteiger partial charge on any atom is -0.459 e. The van der Waals surface area contributed by atoms with E-state index >= 15 is 0 Å². The first-order valence-corrected chi connectivity index (χ1v) is 6.67. The summed E-state index contributed by atoms with van der Waals surface area (Å²) < 4.78 is 5.43. The van der Waals surface area contributed by atoms with Gasteiger partial charge in [0.1, 0.15) is 11.6 Å². The predicted molar refractivity (Wildman–Crippen MR) is 69.8 cm³/mol. The summed E-state index contributed by atoms with van der Waals surface area (Å²) in [4.78, 5) is 14.2. The highest BCUT2D eigenvalue weighted by molar-refractivity contribution is 5.75. The van der Waals surface area contributed by atoms with Gasteiger partial charge < -0.3 is 4.74 Å². The van der Waals surface area contributed by atoms with E-state index in [-0.39, 0.29) is 17.6 Å². The number of nitrogens with zero attached hydrogens (tertiary/aromatic N) is 1. The van der Waals surface area contributed by atoms with Crippen LogP contribution in [0.3, 0.4) is 0 Å². The molecule has 1 rings (SSSR count). The van der Waals surface area contributed by atoms with Gasteiger partial charge in [-0.1, -0.05) is 13.8 Å². The van der Waals surface area contributed by atoms with Crippen LogP contribution in [0.2, 0.25) is 0 Å². The molecule has 3 atom stereocenters. The van der Waals surface area contributed by atoms with E-state index in [2.05, 4.69) is 18.7 Å². The number of likely N-dealkylation sites (tertiary alicyclic amines) is 1. The number of hydrogen-bond acceptors (Lipinski definition) is 3. The summed E-state index contributed by atoms with van der Waals surface area (Å²) in [6.45, 7) is 14.3. The van der Waals surface area contributed by atoms with Crippen molar-refractivity contribution < 1.29 is 9.53 Å². The number of carbonyl (C=O) groups excluding carboxylic acids is 1. The van der Waals surface area contributed by atoms with Gasteiger partial charge in [-0.05, 0) is 52.5 Å². The van der Waals surface area contributed by atoms with Crippen molar-refractivity contribution in [3.63, 3.8) is 0 Å². The third-order valence-electron chi connectivity index (χ3n) is 3.66. The van der Waals surface area contributed by atoms with Gasteiger partial charge in [0, 0.05) is 6.54 Å². The molecule has 0 aromatic heterocycles. The SMILES string of the molecule is CC1CCN(C(C)C(=O)OC(C)(C)C)CC1C. The number of esters is 1. The number of hydrogen-bond donors (Lipinski definition) is 0. The second-order valence-electron chi connectivity index (χ2n) is 6.45. The Morgan fingerprint density at radius 1 is 1.29 bits per heavy atom. The zero-order valence-electron chi connectivity index (χ0n) is 12.1. The lowest BCUT2D eigenvalue weighted by Crippen LogP contribution is -2.48. The molecule has 1 saturated heterocycles. The summed E-state index contributed by atoms with van der Waals surface area (Å²) in [6, 6.07) is -0.121. The molecule has 17 heavy (non-hydrogen) atoms. The van der Waals surface area contributed by atoms with E-state index in [1.54, 1.807) is 0 Å². The Hall–Kier alpha value is -0.570. The lowest BCUT2D eigenvalue weighted by atomic mass is 9.88. The van der Waals surface area contributed by atoms with Crippen LogP contribution in [0.1, 0.15) is 48.0 Å². The Balaban J connectivity index is 2.53. The number of piperidine rings is 1. The highest BCUT2D eigenvalue weighted by Crippen LogP contribution is 2.24. The van der Waals surface area contributed by atoms with Crippen LogP contribution < -0.4 is 0 Å². The fourth-order valence-corrected chi connectivity index (χ4v) is 2.18.